The molecule has 0 aromatic carbocycles. The summed E-state index contributed by atoms with van der Waals surface area (Å²) in [5, 5.41) is 0. The number of ether oxygens (including phenoxy) is 1. The minimum atomic E-state index is -0.165. The molecular weight excluding hydrogens is 288 g/mol. The van der Waals surface area contributed by atoms with Gasteiger partial charge in [0.25, 0.3) is 0 Å². The first-order valence-electron chi connectivity index (χ1n) is 5.41. The highest BCUT2D eigenvalue weighted by Gasteiger charge is 2.39. The molecule has 2 nitrogen and oxygen atoms in total. The molecule has 4 heteroatoms. The van der Waals surface area contributed by atoms with E-state index in [-0.39, 0.29) is 11.4 Å². The summed E-state index contributed by atoms with van der Waals surface area (Å²) in [6.07, 6.45) is 3.73. The molecule has 0 spiro atoms. The van der Waals surface area contributed by atoms with Crippen molar-refractivity contribution in [3.05, 3.63) is 20.3 Å². The van der Waals surface area contributed by atoms with Gasteiger partial charge in [-0.05, 0) is 48.2 Å². The van der Waals surface area contributed by atoms with Gasteiger partial charge in [-0.2, -0.15) is 0 Å². The van der Waals surface area contributed by atoms with Gasteiger partial charge in [0, 0.05) is 22.9 Å². The van der Waals surface area contributed by atoms with E-state index in [2.05, 4.69) is 15.9 Å². The van der Waals surface area contributed by atoms with E-state index in [1.165, 1.54) is 6.42 Å². The van der Waals surface area contributed by atoms with Crippen LogP contribution in [0.15, 0.2) is 10.5 Å². The van der Waals surface area contributed by atoms with Crippen LogP contribution in [0, 0.1) is 6.92 Å². The van der Waals surface area contributed by atoms with Crippen LogP contribution in [0.5, 0.6) is 0 Å². The van der Waals surface area contributed by atoms with E-state index in [9.17, 15) is 4.79 Å². The molecule has 1 aliphatic carbocycles. The number of hydrogen-bond donors (Lipinski definition) is 0. The second-order valence-corrected chi connectivity index (χ2v) is 6.47. The van der Waals surface area contributed by atoms with Gasteiger partial charge in [0.2, 0.25) is 0 Å². The van der Waals surface area contributed by atoms with Crippen molar-refractivity contribution in [3.63, 3.8) is 0 Å². The monoisotopic (exact) mass is 302 g/mol. The van der Waals surface area contributed by atoms with Gasteiger partial charge in [-0.15, -0.1) is 11.3 Å². The van der Waals surface area contributed by atoms with Crippen LogP contribution in [0.25, 0.3) is 0 Å². The van der Waals surface area contributed by atoms with Crippen molar-refractivity contribution in [1.29, 1.82) is 0 Å². The maximum absolute atomic E-state index is 12.1. The molecule has 1 aromatic rings. The lowest BCUT2D eigenvalue weighted by Gasteiger charge is -2.39. The fourth-order valence-corrected chi connectivity index (χ4v) is 3.47. The summed E-state index contributed by atoms with van der Waals surface area (Å²) in [6, 6.07) is 1.92. The van der Waals surface area contributed by atoms with Crippen molar-refractivity contribution in [1.82, 2.24) is 0 Å². The van der Waals surface area contributed by atoms with E-state index in [4.69, 9.17) is 4.74 Å². The SMILES string of the molecule is COC1(CC(=O)c2cc(Br)c(C)s2)CCC1. The first kappa shape index (κ1) is 12.3. The molecule has 0 bridgehead atoms. The third kappa shape index (κ3) is 2.24. The highest BCUT2D eigenvalue weighted by molar-refractivity contribution is 9.10. The lowest BCUT2D eigenvalue weighted by molar-refractivity contribution is -0.0704. The number of carbonyl (C=O) groups excluding carboxylic acids is 1. The van der Waals surface area contributed by atoms with Crippen molar-refractivity contribution in [2.24, 2.45) is 0 Å². The Hall–Kier alpha value is -0.190. The minimum Gasteiger partial charge on any atom is -0.378 e. The molecule has 0 N–H and O–H groups in total. The Kier molecular flexibility index (Phi) is 3.52. The van der Waals surface area contributed by atoms with Gasteiger partial charge in [-0.1, -0.05) is 0 Å². The zero-order valence-electron chi connectivity index (χ0n) is 9.51. The third-order valence-corrected chi connectivity index (χ3v) is 5.49. The molecule has 1 saturated carbocycles. The Bertz CT molecular complexity index is 382. The minimum absolute atomic E-state index is 0.165. The second-order valence-electron chi connectivity index (χ2n) is 4.36. The first-order valence-corrected chi connectivity index (χ1v) is 7.01. The number of rotatable bonds is 4. The van der Waals surface area contributed by atoms with Crippen LogP contribution < -0.4 is 0 Å². The van der Waals surface area contributed by atoms with Crippen LogP contribution >= 0.6 is 27.3 Å². The first-order chi connectivity index (χ1) is 7.56. The molecule has 0 unspecified atom stereocenters. The number of ketones is 1. The Morgan fingerprint density at radius 1 is 1.62 bits per heavy atom. The fraction of sp³-hybridized carbons (Fsp3) is 0.583. The zero-order chi connectivity index (χ0) is 11.8. The molecular formula is C12H15BrO2S. The molecule has 1 aromatic heterocycles. The molecule has 0 saturated heterocycles. The summed E-state index contributed by atoms with van der Waals surface area (Å²) in [4.78, 5) is 14.1. The molecule has 0 atom stereocenters. The van der Waals surface area contributed by atoms with Crippen LogP contribution in [-0.4, -0.2) is 18.5 Å². The van der Waals surface area contributed by atoms with Crippen LogP contribution in [0.4, 0.5) is 0 Å². The lowest BCUT2D eigenvalue weighted by atomic mass is 9.76. The highest BCUT2D eigenvalue weighted by Crippen LogP contribution is 2.39. The summed E-state index contributed by atoms with van der Waals surface area (Å²) < 4.78 is 6.50. The largest absolute Gasteiger partial charge is 0.378 e. The van der Waals surface area contributed by atoms with Gasteiger partial charge in [-0.25, -0.2) is 0 Å². The van der Waals surface area contributed by atoms with Gasteiger partial charge in [0.05, 0.1) is 10.5 Å². The predicted molar refractivity (Wildman–Crippen MR) is 69.3 cm³/mol. The van der Waals surface area contributed by atoms with Gasteiger partial charge >= 0.3 is 0 Å². The molecule has 88 valence electrons. The number of aryl methyl sites for hydroxylation is 1. The number of carbonyl (C=O) groups is 1. The number of methoxy groups -OCH3 is 1. The molecule has 0 radical (unpaired) electrons. The molecule has 16 heavy (non-hydrogen) atoms. The molecule has 1 heterocycles. The Morgan fingerprint density at radius 2 is 2.31 bits per heavy atom. The van der Waals surface area contributed by atoms with E-state index in [1.54, 1.807) is 18.4 Å². The number of thiophene rings is 1. The normalized spacial score (nSPS) is 18.2. The zero-order valence-corrected chi connectivity index (χ0v) is 11.9. The second kappa shape index (κ2) is 4.59. The van der Waals surface area contributed by atoms with Crippen LogP contribution in [0.1, 0.15) is 40.2 Å². The molecule has 1 fully saturated rings. The van der Waals surface area contributed by atoms with Crippen molar-refractivity contribution in [2.75, 3.05) is 7.11 Å². The maximum atomic E-state index is 12.1. The van der Waals surface area contributed by atoms with Crippen molar-refractivity contribution >= 4 is 33.0 Å². The summed E-state index contributed by atoms with van der Waals surface area (Å²) in [7, 11) is 1.71. The smallest absolute Gasteiger partial charge is 0.175 e. The van der Waals surface area contributed by atoms with Crippen LogP contribution in [0.2, 0.25) is 0 Å². The summed E-state index contributed by atoms with van der Waals surface area (Å²) in [5.41, 5.74) is -0.165. The summed E-state index contributed by atoms with van der Waals surface area (Å²) in [5.74, 6) is 0.209. The highest BCUT2D eigenvalue weighted by atomic mass is 79.9. The number of halogens is 1. The molecule has 0 aliphatic heterocycles. The summed E-state index contributed by atoms with van der Waals surface area (Å²) >= 11 is 5.00. The van der Waals surface area contributed by atoms with E-state index in [0.717, 1.165) is 27.1 Å². The van der Waals surface area contributed by atoms with Gasteiger partial charge < -0.3 is 4.74 Å². The molecule has 1 aliphatic rings. The topological polar surface area (TPSA) is 26.3 Å². The number of Topliss-reactive ketones (excluding diaryl/α,β-unsaturated/α-hetero) is 1. The van der Waals surface area contributed by atoms with Gasteiger partial charge in [0.15, 0.2) is 5.78 Å². The Balaban J connectivity index is 2.08. The van der Waals surface area contributed by atoms with E-state index >= 15 is 0 Å². The predicted octanol–water partition coefficient (Wildman–Crippen LogP) is 3.96. The van der Waals surface area contributed by atoms with E-state index in [0.29, 0.717) is 6.42 Å². The fourth-order valence-electron chi connectivity index (χ4n) is 2.00. The van der Waals surface area contributed by atoms with E-state index < -0.39 is 0 Å². The Morgan fingerprint density at radius 3 is 2.69 bits per heavy atom. The van der Waals surface area contributed by atoms with Crippen molar-refractivity contribution < 1.29 is 9.53 Å². The van der Waals surface area contributed by atoms with Crippen molar-refractivity contribution in [3.8, 4) is 0 Å². The summed E-state index contributed by atoms with van der Waals surface area (Å²) in [6.45, 7) is 2.01. The van der Waals surface area contributed by atoms with Crippen molar-refractivity contribution in [2.45, 2.75) is 38.2 Å². The average molecular weight is 303 g/mol. The Labute approximate surface area is 108 Å². The van der Waals surface area contributed by atoms with E-state index in [1.807, 2.05) is 13.0 Å². The third-order valence-electron chi connectivity index (χ3n) is 3.31. The lowest BCUT2D eigenvalue weighted by Crippen LogP contribution is -2.41. The maximum Gasteiger partial charge on any atom is 0.175 e. The number of hydrogen-bond acceptors (Lipinski definition) is 3. The van der Waals surface area contributed by atoms with Crippen LogP contribution in [-0.2, 0) is 4.74 Å². The van der Waals surface area contributed by atoms with Gasteiger partial charge in [0.1, 0.15) is 0 Å². The molecule has 2 rings (SSSR count). The van der Waals surface area contributed by atoms with Gasteiger partial charge in [-0.3, -0.25) is 4.79 Å². The average Bonchev–Trinajstić information content (AvgIpc) is 2.53. The standard InChI is InChI=1S/C12H15BrO2S/c1-8-9(13)6-11(16-8)10(14)7-12(15-2)4-3-5-12/h6H,3-5,7H2,1-2H3. The quantitative estimate of drug-likeness (QED) is 0.787. The van der Waals surface area contributed by atoms with Crippen LogP contribution in [0.3, 0.4) is 0 Å². The molecule has 0 amide bonds.